The second-order valence-electron chi connectivity index (χ2n) is 8.92. The van der Waals surface area contributed by atoms with Crippen LogP contribution in [0, 0.1) is 23.7 Å². The minimum atomic E-state index is -4.31. The molecule has 5 rings (SSSR count). The molecule has 2 aromatic rings. The summed E-state index contributed by atoms with van der Waals surface area (Å²) in [4.78, 5) is 14.1. The Hall–Kier alpha value is -2.21. The summed E-state index contributed by atoms with van der Waals surface area (Å²) >= 11 is -1.78. The van der Waals surface area contributed by atoms with Crippen LogP contribution in [0.15, 0.2) is 18.2 Å². The Kier molecular flexibility index (Phi) is 5.39. The summed E-state index contributed by atoms with van der Waals surface area (Å²) < 4.78 is 41.8. The van der Waals surface area contributed by atoms with Gasteiger partial charge in [0.25, 0.3) is 0 Å². The van der Waals surface area contributed by atoms with E-state index < -0.39 is 20.0 Å². The Morgan fingerprint density at radius 3 is 2.91 bits per heavy atom. The van der Waals surface area contributed by atoms with Crippen LogP contribution in [0.5, 0.6) is 0 Å². The summed E-state index contributed by atoms with van der Waals surface area (Å²) in [5.74, 6) is 6.82. The molecule has 2 N–H and O–H groups in total. The number of fused-ring (bicyclic) bond motifs is 2. The number of likely N-dealkylation sites (tertiary alicyclic amines) is 1. The van der Waals surface area contributed by atoms with Gasteiger partial charge in [0.15, 0.2) is 0 Å². The summed E-state index contributed by atoms with van der Waals surface area (Å²) in [6.45, 7) is 2.11. The number of hydrogen-bond donors (Lipinski definition) is 2. The van der Waals surface area contributed by atoms with Gasteiger partial charge >= 0.3 is 190 Å². The predicted molar refractivity (Wildman–Crippen MR) is 116 cm³/mol. The number of alkyl halides is 3. The van der Waals surface area contributed by atoms with E-state index >= 15 is 0 Å². The molecule has 0 radical (unpaired) electrons. The standard InChI is InChI=1S/C22H24F3N5OSe/c1-29-11-9-21(12-15(21)13-29)27-18-6-2-5-17-19(32-22(23,24)25)16(28-30(17)18)4-3-10-26-20(31)14-7-8-14/h2,5-6,14-15,27H,7-13H2,1H3,(H,26,31)/t15-,21-/m0/s1. The van der Waals surface area contributed by atoms with Crippen molar-refractivity contribution in [3.05, 3.63) is 23.9 Å². The van der Waals surface area contributed by atoms with Gasteiger partial charge in [-0.05, 0) is 0 Å². The monoisotopic (exact) mass is 511 g/mol. The molecular weight excluding hydrogens is 486 g/mol. The van der Waals surface area contributed by atoms with Crippen LogP contribution < -0.4 is 15.1 Å². The van der Waals surface area contributed by atoms with Crippen molar-refractivity contribution in [3.63, 3.8) is 0 Å². The van der Waals surface area contributed by atoms with Crippen molar-refractivity contribution in [1.82, 2.24) is 19.8 Å². The van der Waals surface area contributed by atoms with Gasteiger partial charge in [0.2, 0.25) is 0 Å². The van der Waals surface area contributed by atoms with Gasteiger partial charge < -0.3 is 0 Å². The maximum atomic E-state index is 13.4. The Balaban J connectivity index is 1.43. The first-order valence-corrected chi connectivity index (χ1v) is 12.5. The first kappa shape index (κ1) is 21.6. The van der Waals surface area contributed by atoms with Gasteiger partial charge in [-0.2, -0.15) is 0 Å². The van der Waals surface area contributed by atoms with E-state index in [1.165, 1.54) is 0 Å². The number of nitrogens with one attached hydrogen (secondary N) is 2. The van der Waals surface area contributed by atoms with Crippen molar-refractivity contribution < 1.29 is 18.0 Å². The van der Waals surface area contributed by atoms with Gasteiger partial charge in [-0.3, -0.25) is 0 Å². The number of rotatable bonds is 5. The normalized spacial score (nSPS) is 25.1. The van der Waals surface area contributed by atoms with Crippen LogP contribution in [-0.2, 0) is 4.79 Å². The van der Waals surface area contributed by atoms with Gasteiger partial charge in [0, 0.05) is 0 Å². The Labute approximate surface area is 190 Å². The number of pyridine rings is 1. The van der Waals surface area contributed by atoms with E-state index in [9.17, 15) is 18.0 Å². The third-order valence-corrected chi connectivity index (χ3v) is 8.18. The number of carbonyl (C=O) groups is 1. The molecule has 170 valence electrons. The molecule has 3 aliphatic rings. The van der Waals surface area contributed by atoms with Gasteiger partial charge in [-0.15, -0.1) is 0 Å². The van der Waals surface area contributed by atoms with E-state index in [1.54, 1.807) is 16.6 Å². The summed E-state index contributed by atoms with van der Waals surface area (Å²) in [6.07, 6.45) is 3.83. The van der Waals surface area contributed by atoms with Crippen molar-refractivity contribution in [2.75, 3.05) is 32.0 Å². The molecule has 0 spiro atoms. The molecule has 0 aromatic carbocycles. The van der Waals surface area contributed by atoms with E-state index in [1.807, 2.05) is 6.07 Å². The van der Waals surface area contributed by atoms with Crippen LogP contribution in [0.2, 0.25) is 0 Å². The van der Waals surface area contributed by atoms with Crippen LogP contribution in [0.3, 0.4) is 0 Å². The number of hydrogen-bond acceptors (Lipinski definition) is 4. The second kappa shape index (κ2) is 7.98. The van der Waals surface area contributed by atoms with Gasteiger partial charge in [0.1, 0.15) is 0 Å². The number of aromatic nitrogens is 2. The second-order valence-corrected chi connectivity index (χ2v) is 11.2. The third kappa shape index (κ3) is 4.47. The van der Waals surface area contributed by atoms with Crippen LogP contribution >= 0.6 is 0 Å². The summed E-state index contributed by atoms with van der Waals surface area (Å²) in [7, 11) is 2.11. The van der Waals surface area contributed by atoms with Crippen molar-refractivity contribution >= 4 is 36.7 Å². The van der Waals surface area contributed by atoms with E-state index in [-0.39, 0.29) is 34.1 Å². The zero-order valence-corrected chi connectivity index (χ0v) is 19.3. The first-order valence-electron chi connectivity index (χ1n) is 10.7. The van der Waals surface area contributed by atoms with E-state index in [0.717, 1.165) is 38.8 Å². The molecule has 2 aromatic heterocycles. The fourth-order valence-corrected chi connectivity index (χ4v) is 5.87. The predicted octanol–water partition coefficient (Wildman–Crippen LogP) is 1.57. The van der Waals surface area contributed by atoms with Crippen molar-refractivity contribution in [3.8, 4) is 11.8 Å². The van der Waals surface area contributed by atoms with Crippen LogP contribution in [0.4, 0.5) is 19.0 Å². The topological polar surface area (TPSA) is 61.7 Å². The molecule has 2 aliphatic carbocycles. The Morgan fingerprint density at radius 1 is 1.38 bits per heavy atom. The third-order valence-electron chi connectivity index (χ3n) is 6.42. The minimum absolute atomic E-state index is 0.00100. The zero-order chi connectivity index (χ0) is 22.5. The van der Waals surface area contributed by atoms with Crippen LogP contribution in [0.25, 0.3) is 5.52 Å². The zero-order valence-electron chi connectivity index (χ0n) is 17.6. The summed E-state index contributed by atoms with van der Waals surface area (Å²) in [5, 5.41) is 6.46. The molecule has 1 saturated heterocycles. The fraction of sp³-hybridized carbons (Fsp3) is 0.545. The van der Waals surface area contributed by atoms with E-state index in [4.69, 9.17) is 0 Å². The molecular formula is C22H24F3N5OSe. The van der Waals surface area contributed by atoms with Crippen LogP contribution in [0.1, 0.15) is 31.4 Å². The number of carbonyl (C=O) groups excluding carboxylic acids is 1. The summed E-state index contributed by atoms with van der Waals surface area (Å²) in [6, 6.07) is 5.29. The van der Waals surface area contributed by atoms with Gasteiger partial charge in [0.05, 0.1) is 0 Å². The SMILES string of the molecule is CN1CC[C@]2(Nc3cccc4c([Se]C(F)(F)F)c(C#CCNC(=O)C5CC5)nn34)C[C@H]2C1. The van der Waals surface area contributed by atoms with Crippen LogP contribution in [-0.4, -0.2) is 72.7 Å². The quantitative estimate of drug-likeness (QED) is 0.474. The molecule has 32 heavy (non-hydrogen) atoms. The van der Waals surface area contributed by atoms with Gasteiger partial charge in [-0.25, -0.2) is 0 Å². The maximum absolute atomic E-state index is 13.4. The van der Waals surface area contributed by atoms with Crippen molar-refractivity contribution in [1.29, 1.82) is 0 Å². The molecule has 2 atom stereocenters. The van der Waals surface area contributed by atoms with E-state index in [0.29, 0.717) is 17.3 Å². The average Bonchev–Trinajstić information content (AvgIpc) is 3.63. The molecule has 0 unspecified atom stereocenters. The fourth-order valence-electron chi connectivity index (χ4n) is 4.44. The summed E-state index contributed by atoms with van der Waals surface area (Å²) in [5.41, 5.74) is 0.562. The Morgan fingerprint density at radius 2 is 2.19 bits per heavy atom. The molecule has 1 aliphatic heterocycles. The number of anilines is 1. The molecule has 1 amide bonds. The molecule has 10 heteroatoms. The number of nitrogens with zero attached hydrogens (tertiary/aromatic N) is 3. The van der Waals surface area contributed by atoms with Gasteiger partial charge in [-0.1, -0.05) is 0 Å². The Bertz CT molecular complexity index is 1120. The average molecular weight is 510 g/mol. The molecule has 0 bridgehead atoms. The van der Waals surface area contributed by atoms with Crippen molar-refractivity contribution in [2.24, 2.45) is 11.8 Å². The number of halogens is 3. The molecule has 6 nitrogen and oxygen atoms in total. The van der Waals surface area contributed by atoms with Crippen molar-refractivity contribution in [2.45, 2.75) is 36.3 Å². The molecule has 2 saturated carbocycles. The molecule has 3 fully saturated rings. The number of amides is 1. The van der Waals surface area contributed by atoms with E-state index in [2.05, 4.69) is 39.5 Å². The molecule has 3 heterocycles. The number of piperidine rings is 1. The first-order chi connectivity index (χ1) is 15.2.